The van der Waals surface area contributed by atoms with Crippen molar-refractivity contribution in [2.24, 2.45) is 0 Å². The lowest BCUT2D eigenvalue weighted by Gasteiger charge is -2.21. The van der Waals surface area contributed by atoms with Crippen molar-refractivity contribution in [3.05, 3.63) is 59.4 Å². The number of amides is 4. The van der Waals surface area contributed by atoms with Gasteiger partial charge in [0.1, 0.15) is 23.7 Å². The fourth-order valence-corrected chi connectivity index (χ4v) is 3.31. The highest BCUT2D eigenvalue weighted by atomic mass is 19.1. The van der Waals surface area contributed by atoms with Gasteiger partial charge in [-0.05, 0) is 62.1 Å². The van der Waals surface area contributed by atoms with E-state index < -0.39 is 35.7 Å². The fourth-order valence-electron chi connectivity index (χ4n) is 3.31. The average molecular weight is 413 g/mol. The number of halogens is 1. The maximum absolute atomic E-state index is 13.4. The molecule has 2 aromatic carbocycles. The molecule has 1 saturated heterocycles. The molecule has 2 aromatic rings. The number of nitrogens with zero attached hydrogens (tertiary/aromatic N) is 1. The number of methoxy groups -OCH3 is 1. The van der Waals surface area contributed by atoms with Gasteiger partial charge in [0.2, 0.25) is 5.91 Å². The van der Waals surface area contributed by atoms with Gasteiger partial charge in [-0.3, -0.25) is 14.5 Å². The van der Waals surface area contributed by atoms with Gasteiger partial charge in [-0.1, -0.05) is 18.2 Å². The van der Waals surface area contributed by atoms with E-state index in [1.807, 2.05) is 24.3 Å². The monoisotopic (exact) mass is 413 g/mol. The number of imide groups is 1. The second kappa shape index (κ2) is 8.52. The summed E-state index contributed by atoms with van der Waals surface area (Å²) in [5.41, 5.74) is 0.865. The number of ether oxygens (including phenoxy) is 1. The molecule has 1 aliphatic rings. The molecule has 0 spiro atoms. The molecule has 0 bridgehead atoms. The predicted molar refractivity (Wildman–Crippen MR) is 110 cm³/mol. The SMILES string of the molecule is COc1ccc(CCC2(C)NC(=O)N(CC(=O)Nc3cc(F)ccc3C)C2=O)cc1. The summed E-state index contributed by atoms with van der Waals surface area (Å²) in [6, 6.07) is 10.9. The molecule has 4 amide bonds. The van der Waals surface area contributed by atoms with E-state index in [1.165, 1.54) is 18.2 Å². The van der Waals surface area contributed by atoms with Crippen LogP contribution in [0.15, 0.2) is 42.5 Å². The van der Waals surface area contributed by atoms with Crippen LogP contribution in [0.2, 0.25) is 0 Å². The second-order valence-electron chi connectivity index (χ2n) is 7.51. The normalized spacial score (nSPS) is 18.3. The Hall–Kier alpha value is -3.42. The largest absolute Gasteiger partial charge is 0.497 e. The lowest BCUT2D eigenvalue weighted by atomic mass is 9.93. The summed E-state index contributed by atoms with van der Waals surface area (Å²) in [7, 11) is 1.59. The Morgan fingerprint density at radius 1 is 1.20 bits per heavy atom. The fraction of sp³-hybridized carbons (Fsp3) is 0.318. The summed E-state index contributed by atoms with van der Waals surface area (Å²) < 4.78 is 18.5. The highest BCUT2D eigenvalue weighted by Gasteiger charge is 2.47. The Morgan fingerprint density at radius 2 is 1.90 bits per heavy atom. The Morgan fingerprint density at radius 3 is 2.57 bits per heavy atom. The molecule has 1 heterocycles. The van der Waals surface area contributed by atoms with Crippen molar-refractivity contribution in [2.75, 3.05) is 19.0 Å². The summed E-state index contributed by atoms with van der Waals surface area (Å²) in [6.45, 7) is 2.92. The van der Waals surface area contributed by atoms with Gasteiger partial charge >= 0.3 is 6.03 Å². The summed E-state index contributed by atoms with van der Waals surface area (Å²) in [5.74, 6) is -0.795. The van der Waals surface area contributed by atoms with Crippen LogP contribution in [0.3, 0.4) is 0 Å². The van der Waals surface area contributed by atoms with Crippen molar-refractivity contribution >= 4 is 23.5 Å². The predicted octanol–water partition coefficient (Wildman–Crippen LogP) is 3.02. The number of hydrogen-bond donors (Lipinski definition) is 2. The number of benzene rings is 2. The molecule has 158 valence electrons. The quantitative estimate of drug-likeness (QED) is 0.683. The molecule has 1 aliphatic heterocycles. The van der Waals surface area contributed by atoms with Crippen LogP contribution >= 0.6 is 0 Å². The molecule has 0 saturated carbocycles. The molecule has 2 N–H and O–H groups in total. The molecule has 0 aromatic heterocycles. The zero-order valence-corrected chi connectivity index (χ0v) is 17.1. The van der Waals surface area contributed by atoms with Gasteiger partial charge in [0, 0.05) is 5.69 Å². The summed E-state index contributed by atoms with van der Waals surface area (Å²) in [4.78, 5) is 38.4. The highest BCUT2D eigenvalue weighted by molar-refractivity contribution is 6.10. The van der Waals surface area contributed by atoms with Gasteiger partial charge in [-0.2, -0.15) is 0 Å². The summed E-state index contributed by atoms with van der Waals surface area (Å²) in [5, 5.41) is 5.24. The molecule has 3 rings (SSSR count). The van der Waals surface area contributed by atoms with Crippen LogP contribution in [-0.4, -0.2) is 41.9 Å². The van der Waals surface area contributed by atoms with E-state index in [0.29, 0.717) is 24.1 Å². The van der Waals surface area contributed by atoms with Crippen molar-refractivity contribution in [1.29, 1.82) is 0 Å². The standard InChI is InChI=1S/C22H24FN3O4/c1-14-4-7-16(23)12-18(14)24-19(27)13-26-20(28)22(2,25-21(26)29)11-10-15-5-8-17(30-3)9-6-15/h4-9,12H,10-11,13H2,1-3H3,(H,24,27)(H,25,29). The number of anilines is 1. The second-order valence-corrected chi connectivity index (χ2v) is 7.51. The maximum Gasteiger partial charge on any atom is 0.325 e. The first-order chi connectivity index (χ1) is 14.2. The number of hydrogen-bond acceptors (Lipinski definition) is 4. The van der Waals surface area contributed by atoms with E-state index in [2.05, 4.69) is 10.6 Å². The number of carbonyl (C=O) groups is 3. The van der Waals surface area contributed by atoms with Gasteiger partial charge in [-0.15, -0.1) is 0 Å². The van der Waals surface area contributed by atoms with E-state index in [4.69, 9.17) is 4.74 Å². The number of aryl methyl sites for hydroxylation is 2. The minimum absolute atomic E-state index is 0.300. The van der Waals surface area contributed by atoms with E-state index >= 15 is 0 Å². The van der Waals surface area contributed by atoms with Crippen LogP contribution in [0.4, 0.5) is 14.9 Å². The molecule has 1 atom stereocenters. The Bertz CT molecular complexity index is 977. The molecular weight excluding hydrogens is 389 g/mol. The van der Waals surface area contributed by atoms with Gasteiger partial charge in [0.15, 0.2) is 0 Å². The third-order valence-electron chi connectivity index (χ3n) is 5.19. The van der Waals surface area contributed by atoms with Gasteiger partial charge in [-0.25, -0.2) is 9.18 Å². The minimum atomic E-state index is -1.11. The molecule has 7 nitrogen and oxygen atoms in total. The Kier molecular flexibility index (Phi) is 6.05. The lowest BCUT2D eigenvalue weighted by molar-refractivity contribution is -0.133. The third kappa shape index (κ3) is 4.59. The van der Waals surface area contributed by atoms with Crippen LogP contribution in [0.5, 0.6) is 5.75 Å². The van der Waals surface area contributed by atoms with Crippen molar-refractivity contribution in [3.63, 3.8) is 0 Å². The zero-order chi connectivity index (χ0) is 21.9. The van der Waals surface area contributed by atoms with Crippen LogP contribution in [-0.2, 0) is 16.0 Å². The topological polar surface area (TPSA) is 87.7 Å². The number of urea groups is 1. The van der Waals surface area contributed by atoms with Gasteiger partial charge < -0.3 is 15.4 Å². The number of rotatable bonds is 7. The van der Waals surface area contributed by atoms with E-state index in [0.717, 1.165) is 16.2 Å². The lowest BCUT2D eigenvalue weighted by Crippen LogP contribution is -2.45. The van der Waals surface area contributed by atoms with Crippen molar-refractivity contribution in [1.82, 2.24) is 10.2 Å². The molecular formula is C22H24FN3O4. The molecule has 8 heteroatoms. The first-order valence-corrected chi connectivity index (χ1v) is 9.55. The smallest absolute Gasteiger partial charge is 0.325 e. The van der Waals surface area contributed by atoms with E-state index in [9.17, 15) is 18.8 Å². The number of nitrogens with one attached hydrogen (secondary N) is 2. The average Bonchev–Trinajstić information content (AvgIpc) is 2.93. The molecule has 30 heavy (non-hydrogen) atoms. The van der Waals surface area contributed by atoms with Crippen molar-refractivity contribution in [3.8, 4) is 5.75 Å². The minimum Gasteiger partial charge on any atom is -0.497 e. The van der Waals surface area contributed by atoms with Gasteiger partial charge in [0.25, 0.3) is 5.91 Å². The Balaban J connectivity index is 1.62. The number of carbonyl (C=O) groups excluding carboxylic acids is 3. The van der Waals surface area contributed by atoms with E-state index in [1.54, 1.807) is 21.0 Å². The molecule has 1 fully saturated rings. The van der Waals surface area contributed by atoms with E-state index in [-0.39, 0.29) is 0 Å². The van der Waals surface area contributed by atoms with Crippen molar-refractivity contribution < 1.29 is 23.5 Å². The zero-order valence-electron chi connectivity index (χ0n) is 17.1. The van der Waals surface area contributed by atoms with Crippen LogP contribution in [0, 0.1) is 12.7 Å². The summed E-state index contributed by atoms with van der Waals surface area (Å²) >= 11 is 0. The molecule has 1 unspecified atom stereocenters. The highest BCUT2D eigenvalue weighted by Crippen LogP contribution is 2.24. The summed E-state index contributed by atoms with van der Waals surface area (Å²) in [6.07, 6.45) is 0.945. The van der Waals surface area contributed by atoms with Crippen LogP contribution in [0.25, 0.3) is 0 Å². The first kappa shape index (κ1) is 21.3. The maximum atomic E-state index is 13.4. The Labute approximate surface area is 174 Å². The van der Waals surface area contributed by atoms with Crippen molar-refractivity contribution in [2.45, 2.75) is 32.2 Å². The van der Waals surface area contributed by atoms with Crippen LogP contribution in [0.1, 0.15) is 24.5 Å². The van der Waals surface area contributed by atoms with Gasteiger partial charge in [0.05, 0.1) is 7.11 Å². The third-order valence-corrected chi connectivity index (χ3v) is 5.19. The van der Waals surface area contributed by atoms with Crippen LogP contribution < -0.4 is 15.4 Å². The first-order valence-electron chi connectivity index (χ1n) is 9.55. The molecule has 0 radical (unpaired) electrons. The molecule has 0 aliphatic carbocycles.